The van der Waals surface area contributed by atoms with Gasteiger partial charge in [0.05, 0.1) is 5.56 Å². The molecule has 142 valence electrons. The largest absolute Gasteiger partial charge is 0.478 e. The quantitative estimate of drug-likeness (QED) is 0.679. The second-order valence-electron chi connectivity index (χ2n) is 8.63. The van der Waals surface area contributed by atoms with Crippen LogP contribution >= 0.6 is 0 Å². The van der Waals surface area contributed by atoms with E-state index in [0.29, 0.717) is 17.4 Å². The van der Waals surface area contributed by atoms with Crippen molar-refractivity contribution in [1.82, 2.24) is 0 Å². The summed E-state index contributed by atoms with van der Waals surface area (Å²) in [5.41, 5.74) is 6.75. The minimum Gasteiger partial charge on any atom is -0.478 e. The molecule has 0 saturated heterocycles. The molecule has 2 nitrogen and oxygen atoms in total. The van der Waals surface area contributed by atoms with Crippen LogP contribution in [0.1, 0.15) is 47.3 Å². The molecule has 4 rings (SSSR count). The van der Waals surface area contributed by atoms with E-state index in [1.165, 1.54) is 22.3 Å². The highest BCUT2D eigenvalue weighted by Crippen LogP contribution is 2.50. The third-order valence-electron chi connectivity index (χ3n) is 6.19. The second-order valence-corrected chi connectivity index (χ2v) is 8.63. The van der Waals surface area contributed by atoms with Crippen LogP contribution in [0.3, 0.4) is 0 Å². The Morgan fingerprint density at radius 2 is 1.64 bits per heavy atom. The summed E-state index contributed by atoms with van der Waals surface area (Å²) in [5.74, 6) is -0.109. The number of fused-ring (bicyclic) bond motifs is 1. The van der Waals surface area contributed by atoms with E-state index in [1.807, 2.05) is 12.1 Å². The molecular formula is C26H26O2. The molecule has 0 fully saturated rings. The lowest BCUT2D eigenvalue weighted by molar-refractivity contribution is 0.0697. The van der Waals surface area contributed by atoms with Gasteiger partial charge in [0.25, 0.3) is 0 Å². The Morgan fingerprint density at radius 3 is 2.29 bits per heavy atom. The Kier molecular flexibility index (Phi) is 4.58. The summed E-state index contributed by atoms with van der Waals surface area (Å²) in [4.78, 5) is 11.1. The zero-order valence-corrected chi connectivity index (χ0v) is 16.6. The minimum atomic E-state index is -0.888. The fourth-order valence-electron chi connectivity index (χ4n) is 4.39. The molecule has 28 heavy (non-hydrogen) atoms. The molecule has 2 aromatic rings. The normalized spacial score (nSPS) is 22.8. The fraction of sp³-hybridized carbons (Fsp3) is 0.269. The zero-order chi connectivity index (χ0) is 19.9. The monoisotopic (exact) mass is 370 g/mol. The van der Waals surface area contributed by atoms with Gasteiger partial charge in [-0.2, -0.15) is 0 Å². The molecule has 0 aromatic heterocycles. The summed E-state index contributed by atoms with van der Waals surface area (Å²) in [6.45, 7) is 6.80. The molecule has 0 heterocycles. The van der Waals surface area contributed by atoms with Crippen molar-refractivity contribution < 1.29 is 9.90 Å². The Hall–Kier alpha value is -2.87. The minimum absolute atomic E-state index is 0.176. The maximum atomic E-state index is 11.1. The van der Waals surface area contributed by atoms with Gasteiger partial charge in [-0.15, -0.1) is 0 Å². The predicted molar refractivity (Wildman–Crippen MR) is 115 cm³/mol. The number of carbonyl (C=O) groups is 1. The van der Waals surface area contributed by atoms with Gasteiger partial charge >= 0.3 is 5.97 Å². The summed E-state index contributed by atoms with van der Waals surface area (Å²) < 4.78 is 0. The first-order chi connectivity index (χ1) is 13.3. The molecule has 2 aliphatic carbocycles. The molecule has 0 radical (unpaired) electrons. The van der Waals surface area contributed by atoms with Crippen LogP contribution in [0, 0.1) is 24.2 Å². The summed E-state index contributed by atoms with van der Waals surface area (Å²) >= 11 is 0. The van der Waals surface area contributed by atoms with Gasteiger partial charge in [0, 0.05) is 5.92 Å². The number of aryl methyl sites for hydroxylation is 1. The number of carboxylic acids is 1. The maximum Gasteiger partial charge on any atom is 0.335 e. The van der Waals surface area contributed by atoms with Gasteiger partial charge < -0.3 is 5.11 Å². The average molecular weight is 370 g/mol. The smallest absolute Gasteiger partial charge is 0.335 e. The Morgan fingerprint density at radius 1 is 1.00 bits per heavy atom. The van der Waals surface area contributed by atoms with E-state index >= 15 is 0 Å². The molecule has 2 heteroatoms. The van der Waals surface area contributed by atoms with Gasteiger partial charge in [-0.25, -0.2) is 4.79 Å². The van der Waals surface area contributed by atoms with Gasteiger partial charge in [0.1, 0.15) is 0 Å². The first kappa shape index (κ1) is 18.5. The van der Waals surface area contributed by atoms with Gasteiger partial charge in [-0.1, -0.05) is 80.1 Å². The van der Waals surface area contributed by atoms with E-state index in [2.05, 4.69) is 69.3 Å². The highest BCUT2D eigenvalue weighted by molar-refractivity contribution is 5.88. The second kappa shape index (κ2) is 6.94. The number of allylic oxidation sites excluding steroid dienone is 6. The van der Waals surface area contributed by atoms with Crippen molar-refractivity contribution in [3.63, 3.8) is 0 Å². The Labute approximate surface area is 166 Å². The topological polar surface area (TPSA) is 37.3 Å². The van der Waals surface area contributed by atoms with E-state index in [4.69, 9.17) is 5.11 Å². The molecule has 0 spiro atoms. The van der Waals surface area contributed by atoms with Crippen molar-refractivity contribution in [2.45, 2.75) is 27.2 Å². The van der Waals surface area contributed by atoms with Crippen LogP contribution in [0.2, 0.25) is 0 Å². The number of hydrogen-bond acceptors (Lipinski definition) is 1. The lowest BCUT2D eigenvalue weighted by Crippen LogP contribution is -2.33. The van der Waals surface area contributed by atoms with Crippen molar-refractivity contribution in [3.8, 4) is 0 Å². The highest BCUT2D eigenvalue weighted by Gasteiger charge is 2.39. The van der Waals surface area contributed by atoms with Crippen molar-refractivity contribution in [2.24, 2.45) is 17.3 Å². The fourth-order valence-corrected chi connectivity index (χ4v) is 4.39. The van der Waals surface area contributed by atoms with Gasteiger partial charge in [-0.05, 0) is 59.1 Å². The number of aromatic carboxylic acids is 1. The van der Waals surface area contributed by atoms with E-state index in [9.17, 15) is 4.79 Å². The predicted octanol–water partition coefficient (Wildman–Crippen LogP) is 6.39. The zero-order valence-electron chi connectivity index (χ0n) is 16.6. The van der Waals surface area contributed by atoms with E-state index in [1.54, 1.807) is 12.1 Å². The third kappa shape index (κ3) is 3.35. The Bertz CT molecular complexity index is 986. The molecule has 2 aromatic carbocycles. The summed E-state index contributed by atoms with van der Waals surface area (Å²) in [6, 6.07) is 16.0. The number of benzene rings is 2. The molecule has 1 N–H and O–H groups in total. The molecule has 0 saturated carbocycles. The molecule has 0 bridgehead atoms. The van der Waals surface area contributed by atoms with Crippen LogP contribution < -0.4 is 0 Å². The standard InChI is InChI=1S/C26H26O2/c1-17-4-6-19(7-5-17)22-14-15-26(2,3)24-16-21(12-13-23(22)24)18-8-10-20(11-9-18)25(27)28/h4-14,16,23-24H,15H2,1-3H3,(H,27,28). The first-order valence-electron chi connectivity index (χ1n) is 9.86. The van der Waals surface area contributed by atoms with Crippen molar-refractivity contribution in [1.29, 1.82) is 0 Å². The lowest BCUT2D eigenvalue weighted by Gasteiger charge is -2.43. The van der Waals surface area contributed by atoms with E-state index < -0.39 is 5.97 Å². The van der Waals surface area contributed by atoms with Crippen LogP contribution in [0.5, 0.6) is 0 Å². The third-order valence-corrected chi connectivity index (χ3v) is 6.19. The molecule has 2 unspecified atom stereocenters. The number of carboxylic acid groups (broad SMARTS) is 1. The first-order valence-corrected chi connectivity index (χ1v) is 9.86. The van der Waals surface area contributed by atoms with Crippen molar-refractivity contribution in [2.75, 3.05) is 0 Å². The summed E-state index contributed by atoms with van der Waals surface area (Å²) in [7, 11) is 0. The molecule has 2 aliphatic rings. The number of hydrogen-bond donors (Lipinski definition) is 1. The lowest BCUT2D eigenvalue weighted by atomic mass is 9.61. The summed E-state index contributed by atoms with van der Waals surface area (Å²) in [6.07, 6.45) is 10.4. The average Bonchev–Trinajstić information content (AvgIpc) is 2.69. The van der Waals surface area contributed by atoms with Gasteiger partial charge in [-0.3, -0.25) is 0 Å². The maximum absolute atomic E-state index is 11.1. The van der Waals surface area contributed by atoms with Crippen molar-refractivity contribution >= 4 is 17.1 Å². The van der Waals surface area contributed by atoms with Gasteiger partial charge in [0.2, 0.25) is 0 Å². The van der Waals surface area contributed by atoms with E-state index in [0.717, 1.165) is 12.0 Å². The molecule has 0 amide bonds. The van der Waals surface area contributed by atoms with E-state index in [-0.39, 0.29) is 5.41 Å². The highest BCUT2D eigenvalue weighted by atomic mass is 16.4. The molecule has 2 atom stereocenters. The summed E-state index contributed by atoms with van der Waals surface area (Å²) in [5, 5.41) is 9.13. The molecule has 0 aliphatic heterocycles. The molecular weight excluding hydrogens is 344 g/mol. The van der Waals surface area contributed by atoms with Crippen LogP contribution in [-0.2, 0) is 0 Å². The SMILES string of the molecule is Cc1ccc(C2=CCC(C)(C)C3C=C(c4ccc(C(=O)O)cc4)C=CC23)cc1. The van der Waals surface area contributed by atoms with Gasteiger partial charge in [0.15, 0.2) is 0 Å². The van der Waals surface area contributed by atoms with Crippen LogP contribution in [0.4, 0.5) is 0 Å². The van der Waals surface area contributed by atoms with Crippen LogP contribution in [-0.4, -0.2) is 11.1 Å². The Balaban J connectivity index is 1.69. The number of rotatable bonds is 3. The van der Waals surface area contributed by atoms with Crippen molar-refractivity contribution in [3.05, 3.63) is 95.1 Å². The van der Waals surface area contributed by atoms with Crippen LogP contribution in [0.25, 0.3) is 11.1 Å². The van der Waals surface area contributed by atoms with Crippen LogP contribution in [0.15, 0.2) is 72.8 Å².